The van der Waals surface area contributed by atoms with E-state index in [-0.39, 0.29) is 27.5 Å². The molecule has 5 nitrogen and oxygen atoms in total. The third kappa shape index (κ3) is 3.60. The second-order valence-electron chi connectivity index (χ2n) is 5.58. The largest absolute Gasteiger partial charge is 0.573 e. The summed E-state index contributed by atoms with van der Waals surface area (Å²) in [4.78, 5) is 17.3. The number of furan rings is 1. The van der Waals surface area contributed by atoms with Crippen LogP contribution in [0, 0.1) is 0 Å². The number of carbonyl (C=O) groups is 1. The Bertz CT molecular complexity index is 983. The molecule has 0 fully saturated rings. The average Bonchev–Trinajstić information content (AvgIpc) is 2.97. The fourth-order valence-corrected chi connectivity index (χ4v) is 2.56. The SMILES string of the molecule is CN(C)C(=O)c1ccc(-c2cc3nccc(Cl)c3o2)c(OC(F)(F)F)c1. The van der Waals surface area contributed by atoms with Crippen molar-refractivity contribution in [3.8, 4) is 17.1 Å². The molecule has 3 rings (SSSR count). The summed E-state index contributed by atoms with van der Waals surface area (Å²) in [5, 5.41) is 0.277. The Morgan fingerprint density at radius 1 is 1.23 bits per heavy atom. The smallest absolute Gasteiger partial charge is 0.453 e. The molecule has 0 saturated carbocycles. The van der Waals surface area contributed by atoms with Crippen LogP contribution in [0.15, 0.2) is 40.9 Å². The highest BCUT2D eigenvalue weighted by Crippen LogP contribution is 2.38. The Hall–Kier alpha value is -2.74. The summed E-state index contributed by atoms with van der Waals surface area (Å²) in [5.41, 5.74) is 0.700. The Labute approximate surface area is 150 Å². The molecule has 26 heavy (non-hydrogen) atoms. The van der Waals surface area contributed by atoms with Gasteiger partial charge in [0.1, 0.15) is 17.0 Å². The maximum Gasteiger partial charge on any atom is 0.573 e. The Kier molecular flexibility index (Phi) is 4.53. The molecular weight excluding hydrogens is 373 g/mol. The quantitative estimate of drug-likeness (QED) is 0.654. The van der Waals surface area contributed by atoms with E-state index in [2.05, 4.69) is 9.72 Å². The molecular formula is C17H12ClF3N2O3. The van der Waals surface area contributed by atoms with E-state index in [0.717, 1.165) is 6.07 Å². The van der Waals surface area contributed by atoms with E-state index in [4.69, 9.17) is 16.0 Å². The van der Waals surface area contributed by atoms with E-state index in [9.17, 15) is 18.0 Å². The van der Waals surface area contributed by atoms with Gasteiger partial charge < -0.3 is 14.1 Å². The minimum atomic E-state index is -4.93. The molecule has 1 aromatic carbocycles. The summed E-state index contributed by atoms with van der Waals surface area (Å²) >= 11 is 6.01. The summed E-state index contributed by atoms with van der Waals surface area (Å²) in [5.74, 6) is -0.929. The van der Waals surface area contributed by atoms with Crippen LogP contribution in [0.2, 0.25) is 5.02 Å². The Morgan fingerprint density at radius 2 is 1.96 bits per heavy atom. The molecule has 0 N–H and O–H groups in total. The van der Waals surface area contributed by atoms with Crippen molar-refractivity contribution in [2.45, 2.75) is 6.36 Å². The molecule has 2 aromatic heterocycles. The molecule has 0 bridgehead atoms. The fourth-order valence-electron chi connectivity index (χ4n) is 2.37. The van der Waals surface area contributed by atoms with Gasteiger partial charge >= 0.3 is 6.36 Å². The maximum atomic E-state index is 12.8. The van der Waals surface area contributed by atoms with Crippen LogP contribution in [0.1, 0.15) is 10.4 Å². The molecule has 0 aliphatic rings. The van der Waals surface area contributed by atoms with Gasteiger partial charge in [0.2, 0.25) is 0 Å². The van der Waals surface area contributed by atoms with Gasteiger partial charge in [-0.05, 0) is 24.3 Å². The van der Waals surface area contributed by atoms with Crippen molar-refractivity contribution in [2.24, 2.45) is 0 Å². The zero-order chi connectivity index (χ0) is 19.1. The highest BCUT2D eigenvalue weighted by atomic mass is 35.5. The topological polar surface area (TPSA) is 55.6 Å². The molecule has 0 aliphatic heterocycles. The van der Waals surface area contributed by atoms with Gasteiger partial charge in [0.25, 0.3) is 5.91 Å². The number of fused-ring (bicyclic) bond motifs is 1. The third-order valence-corrected chi connectivity index (χ3v) is 3.79. The lowest BCUT2D eigenvalue weighted by Gasteiger charge is -2.15. The van der Waals surface area contributed by atoms with Crippen molar-refractivity contribution in [3.05, 3.63) is 47.1 Å². The van der Waals surface area contributed by atoms with Crippen molar-refractivity contribution in [1.82, 2.24) is 9.88 Å². The van der Waals surface area contributed by atoms with Gasteiger partial charge in [-0.3, -0.25) is 9.78 Å². The normalized spacial score (nSPS) is 11.6. The summed E-state index contributed by atoms with van der Waals surface area (Å²) in [7, 11) is 2.99. The van der Waals surface area contributed by atoms with Gasteiger partial charge in [-0.2, -0.15) is 0 Å². The second-order valence-corrected chi connectivity index (χ2v) is 5.98. The number of benzene rings is 1. The van der Waals surface area contributed by atoms with E-state index >= 15 is 0 Å². The molecule has 0 radical (unpaired) electrons. The van der Waals surface area contributed by atoms with Crippen molar-refractivity contribution in [1.29, 1.82) is 0 Å². The predicted octanol–water partition coefficient (Wildman–Crippen LogP) is 4.75. The van der Waals surface area contributed by atoms with E-state index in [0.29, 0.717) is 5.52 Å². The Balaban J connectivity index is 2.15. The van der Waals surface area contributed by atoms with Crippen LogP contribution in [-0.4, -0.2) is 36.2 Å². The minimum absolute atomic E-state index is 0.0201. The number of aromatic nitrogens is 1. The van der Waals surface area contributed by atoms with Gasteiger partial charge in [-0.1, -0.05) is 11.6 Å². The standard InChI is InChI=1S/C17H12ClF3N2O3/c1-23(2)16(24)9-3-4-10(14(7-9)26-17(19,20)21)13-8-12-15(25-13)11(18)5-6-22-12/h3-8H,1-2H3. The minimum Gasteiger partial charge on any atom is -0.453 e. The Morgan fingerprint density at radius 3 is 2.58 bits per heavy atom. The molecule has 0 aliphatic carbocycles. The van der Waals surface area contributed by atoms with Gasteiger partial charge in [-0.25, -0.2) is 0 Å². The van der Waals surface area contributed by atoms with Crippen LogP contribution >= 0.6 is 11.6 Å². The second kappa shape index (κ2) is 6.53. The first kappa shape index (κ1) is 18.1. The summed E-state index contributed by atoms with van der Waals surface area (Å²) in [6, 6.07) is 6.69. The van der Waals surface area contributed by atoms with E-state index in [1.807, 2.05) is 0 Å². The van der Waals surface area contributed by atoms with Crippen LogP contribution in [-0.2, 0) is 0 Å². The van der Waals surface area contributed by atoms with Gasteiger partial charge in [0.05, 0.1) is 10.6 Å². The zero-order valence-corrected chi connectivity index (χ0v) is 14.4. The number of alkyl halides is 3. The highest BCUT2D eigenvalue weighted by molar-refractivity contribution is 6.34. The summed E-state index contributed by atoms with van der Waals surface area (Å²) < 4.78 is 48.1. The zero-order valence-electron chi connectivity index (χ0n) is 13.6. The lowest BCUT2D eigenvalue weighted by molar-refractivity contribution is -0.274. The van der Waals surface area contributed by atoms with E-state index in [1.165, 1.54) is 49.5 Å². The monoisotopic (exact) mass is 384 g/mol. The summed E-state index contributed by atoms with van der Waals surface area (Å²) in [6.07, 6.45) is -3.48. The van der Waals surface area contributed by atoms with Gasteiger partial charge in [0, 0.05) is 31.9 Å². The number of nitrogens with zero attached hydrogens (tertiary/aromatic N) is 2. The lowest BCUT2D eigenvalue weighted by atomic mass is 10.1. The number of hydrogen-bond donors (Lipinski definition) is 0. The average molecular weight is 385 g/mol. The molecule has 3 aromatic rings. The molecule has 2 heterocycles. The van der Waals surface area contributed by atoms with Crippen molar-refractivity contribution >= 4 is 28.6 Å². The van der Waals surface area contributed by atoms with Crippen molar-refractivity contribution < 1.29 is 27.1 Å². The molecule has 0 spiro atoms. The van der Waals surface area contributed by atoms with Gasteiger partial charge in [-0.15, -0.1) is 13.2 Å². The van der Waals surface area contributed by atoms with Crippen LogP contribution in [0.3, 0.4) is 0 Å². The number of amides is 1. The van der Waals surface area contributed by atoms with E-state index in [1.54, 1.807) is 0 Å². The first-order valence-electron chi connectivity index (χ1n) is 7.31. The number of pyridine rings is 1. The first-order valence-corrected chi connectivity index (χ1v) is 7.69. The third-order valence-electron chi connectivity index (χ3n) is 3.49. The number of rotatable bonds is 3. The van der Waals surface area contributed by atoms with Crippen LogP contribution < -0.4 is 4.74 Å². The number of carbonyl (C=O) groups excluding carboxylic acids is 1. The fraction of sp³-hybridized carbons (Fsp3) is 0.176. The molecule has 136 valence electrons. The van der Waals surface area contributed by atoms with Crippen LogP contribution in [0.5, 0.6) is 5.75 Å². The highest BCUT2D eigenvalue weighted by Gasteiger charge is 2.33. The molecule has 1 amide bonds. The molecule has 0 atom stereocenters. The first-order chi connectivity index (χ1) is 12.2. The molecule has 0 saturated heterocycles. The molecule has 9 heteroatoms. The van der Waals surface area contributed by atoms with Gasteiger partial charge in [0.15, 0.2) is 5.58 Å². The van der Waals surface area contributed by atoms with Crippen molar-refractivity contribution in [3.63, 3.8) is 0 Å². The number of hydrogen-bond acceptors (Lipinski definition) is 4. The number of ether oxygens (including phenoxy) is 1. The lowest BCUT2D eigenvalue weighted by Crippen LogP contribution is -2.22. The summed E-state index contributed by atoms with van der Waals surface area (Å²) in [6.45, 7) is 0. The van der Waals surface area contributed by atoms with Crippen LogP contribution in [0.25, 0.3) is 22.4 Å². The van der Waals surface area contributed by atoms with Crippen molar-refractivity contribution in [2.75, 3.05) is 14.1 Å². The predicted molar refractivity (Wildman–Crippen MR) is 89.2 cm³/mol. The number of halogens is 4. The maximum absolute atomic E-state index is 12.8. The molecule has 0 unspecified atom stereocenters. The van der Waals surface area contributed by atoms with E-state index < -0.39 is 18.0 Å². The van der Waals surface area contributed by atoms with Crippen LogP contribution in [0.4, 0.5) is 13.2 Å².